The van der Waals surface area contributed by atoms with E-state index in [1.165, 1.54) is 51.4 Å². The molecule has 0 spiro atoms. The molecule has 1 heteroatoms. The van der Waals surface area contributed by atoms with Gasteiger partial charge in [0.25, 0.3) is 0 Å². The summed E-state index contributed by atoms with van der Waals surface area (Å²) in [6, 6.07) is 0. The van der Waals surface area contributed by atoms with Gasteiger partial charge < -0.3 is 0 Å². The van der Waals surface area contributed by atoms with E-state index >= 15 is 0 Å². The third-order valence-corrected chi connectivity index (χ3v) is 6.70. The van der Waals surface area contributed by atoms with E-state index in [9.17, 15) is 4.39 Å². The molecule has 0 aromatic rings. The molecule has 0 N–H and O–H groups in total. The van der Waals surface area contributed by atoms with Gasteiger partial charge in [0, 0.05) is 5.41 Å². The van der Waals surface area contributed by atoms with Gasteiger partial charge in [0.2, 0.25) is 0 Å². The molecular formula is C23H33F. The molecule has 0 radical (unpaired) electrons. The number of rotatable bonds is 6. The first-order valence-electron chi connectivity index (χ1n) is 10.1. The minimum Gasteiger partial charge on any atom is -0.207 e. The number of allylic oxidation sites excluding steroid dienone is 8. The van der Waals surface area contributed by atoms with Crippen molar-refractivity contribution in [3.8, 4) is 0 Å². The number of unbranched alkanes of at least 4 members (excludes halogenated alkanes) is 2. The lowest BCUT2D eigenvalue weighted by Gasteiger charge is -2.47. The van der Waals surface area contributed by atoms with Crippen molar-refractivity contribution in [2.24, 2.45) is 23.2 Å². The van der Waals surface area contributed by atoms with E-state index in [2.05, 4.69) is 37.3 Å². The van der Waals surface area contributed by atoms with Gasteiger partial charge in [-0.25, -0.2) is 4.39 Å². The van der Waals surface area contributed by atoms with Crippen molar-refractivity contribution in [1.29, 1.82) is 0 Å². The molecular weight excluding hydrogens is 295 g/mol. The first-order chi connectivity index (χ1) is 11.7. The minimum absolute atomic E-state index is 0.0470. The average molecular weight is 329 g/mol. The van der Waals surface area contributed by atoms with Crippen LogP contribution in [0.5, 0.6) is 0 Å². The summed E-state index contributed by atoms with van der Waals surface area (Å²) in [7, 11) is 0. The van der Waals surface area contributed by atoms with E-state index in [-0.39, 0.29) is 11.2 Å². The summed E-state index contributed by atoms with van der Waals surface area (Å²) in [6.07, 6.45) is 27.7. The molecule has 0 aromatic heterocycles. The monoisotopic (exact) mass is 328 g/mol. The first-order valence-corrected chi connectivity index (χ1v) is 10.1. The van der Waals surface area contributed by atoms with Crippen molar-refractivity contribution in [3.05, 3.63) is 48.4 Å². The molecule has 3 rings (SSSR count). The SMILES string of the molecule is CCCCCC1CCC(C2(C3C=CC=CC3)C=CC(F)=CC2)CC1. The molecule has 0 aromatic carbocycles. The maximum absolute atomic E-state index is 13.6. The Labute approximate surface area is 147 Å². The Morgan fingerprint density at radius 2 is 1.96 bits per heavy atom. The van der Waals surface area contributed by atoms with Crippen molar-refractivity contribution in [1.82, 2.24) is 0 Å². The highest BCUT2D eigenvalue weighted by Gasteiger charge is 2.43. The zero-order valence-electron chi connectivity index (χ0n) is 15.2. The van der Waals surface area contributed by atoms with Crippen LogP contribution in [-0.2, 0) is 0 Å². The molecule has 3 aliphatic rings. The Balaban J connectivity index is 1.66. The maximum atomic E-state index is 13.6. The third-order valence-electron chi connectivity index (χ3n) is 6.70. The van der Waals surface area contributed by atoms with Crippen molar-refractivity contribution < 1.29 is 4.39 Å². The van der Waals surface area contributed by atoms with Gasteiger partial charge in [-0.3, -0.25) is 0 Å². The fourth-order valence-electron chi connectivity index (χ4n) is 5.18. The molecule has 24 heavy (non-hydrogen) atoms. The first kappa shape index (κ1) is 17.7. The summed E-state index contributed by atoms with van der Waals surface area (Å²) in [4.78, 5) is 0. The lowest BCUT2D eigenvalue weighted by Crippen LogP contribution is -2.38. The molecule has 0 bridgehead atoms. The summed E-state index contributed by atoms with van der Waals surface area (Å²) in [5, 5.41) is 0. The molecule has 0 saturated heterocycles. The largest absolute Gasteiger partial charge is 0.207 e. The van der Waals surface area contributed by atoms with Crippen molar-refractivity contribution >= 4 is 0 Å². The summed E-state index contributed by atoms with van der Waals surface area (Å²) in [5.41, 5.74) is 0.144. The van der Waals surface area contributed by atoms with Crippen LogP contribution < -0.4 is 0 Å². The van der Waals surface area contributed by atoms with Gasteiger partial charge in [-0.2, -0.15) is 0 Å². The third kappa shape index (κ3) is 3.92. The smallest absolute Gasteiger partial charge is 0.118 e. The van der Waals surface area contributed by atoms with Crippen molar-refractivity contribution in [2.75, 3.05) is 0 Å². The Morgan fingerprint density at radius 3 is 2.58 bits per heavy atom. The second-order valence-electron chi connectivity index (χ2n) is 8.11. The lowest BCUT2D eigenvalue weighted by atomic mass is 9.57. The van der Waals surface area contributed by atoms with Gasteiger partial charge in [0.15, 0.2) is 0 Å². The summed E-state index contributed by atoms with van der Waals surface area (Å²) in [6.45, 7) is 2.29. The highest BCUT2D eigenvalue weighted by atomic mass is 19.1. The Hall–Kier alpha value is -1.11. The van der Waals surface area contributed by atoms with Gasteiger partial charge in [0.05, 0.1) is 0 Å². The normalized spacial score (nSPS) is 35.9. The van der Waals surface area contributed by atoms with Gasteiger partial charge in [0.1, 0.15) is 5.83 Å². The van der Waals surface area contributed by atoms with Crippen molar-refractivity contribution in [3.63, 3.8) is 0 Å². The van der Waals surface area contributed by atoms with Crippen LogP contribution in [0.25, 0.3) is 0 Å². The molecule has 0 aliphatic heterocycles. The molecule has 0 heterocycles. The maximum Gasteiger partial charge on any atom is 0.118 e. The van der Waals surface area contributed by atoms with E-state index in [0.29, 0.717) is 11.8 Å². The molecule has 0 amide bonds. The summed E-state index contributed by atoms with van der Waals surface area (Å²) in [5.74, 6) is 2.13. The van der Waals surface area contributed by atoms with E-state index in [0.717, 1.165) is 18.8 Å². The molecule has 132 valence electrons. The fraction of sp³-hybridized carbons (Fsp3) is 0.652. The fourth-order valence-corrected chi connectivity index (χ4v) is 5.18. The number of hydrogen-bond donors (Lipinski definition) is 0. The molecule has 2 atom stereocenters. The Morgan fingerprint density at radius 1 is 1.12 bits per heavy atom. The Kier molecular flexibility index (Phi) is 6.14. The number of halogens is 1. The van der Waals surface area contributed by atoms with Gasteiger partial charge in [-0.1, -0.05) is 75.8 Å². The highest BCUT2D eigenvalue weighted by molar-refractivity contribution is 5.27. The van der Waals surface area contributed by atoms with E-state index in [4.69, 9.17) is 0 Å². The lowest BCUT2D eigenvalue weighted by molar-refractivity contribution is 0.0981. The summed E-state index contributed by atoms with van der Waals surface area (Å²) >= 11 is 0. The van der Waals surface area contributed by atoms with Gasteiger partial charge >= 0.3 is 0 Å². The van der Waals surface area contributed by atoms with Crippen LogP contribution in [0, 0.1) is 23.2 Å². The average Bonchev–Trinajstić information content (AvgIpc) is 2.64. The van der Waals surface area contributed by atoms with Crippen LogP contribution >= 0.6 is 0 Å². The predicted molar refractivity (Wildman–Crippen MR) is 101 cm³/mol. The molecule has 1 fully saturated rings. The molecule has 1 saturated carbocycles. The minimum atomic E-state index is -0.0470. The molecule has 3 aliphatic carbocycles. The second-order valence-corrected chi connectivity index (χ2v) is 8.11. The van der Waals surface area contributed by atoms with E-state index < -0.39 is 0 Å². The highest BCUT2D eigenvalue weighted by Crippen LogP contribution is 2.52. The van der Waals surface area contributed by atoms with Crippen molar-refractivity contribution in [2.45, 2.75) is 71.1 Å². The quantitative estimate of drug-likeness (QED) is 0.448. The van der Waals surface area contributed by atoms with Crippen LogP contribution in [0.3, 0.4) is 0 Å². The second kappa shape index (κ2) is 8.32. The van der Waals surface area contributed by atoms with Crippen LogP contribution in [0.4, 0.5) is 4.39 Å². The van der Waals surface area contributed by atoms with E-state index in [1.54, 1.807) is 6.08 Å². The molecule has 0 nitrogen and oxygen atoms in total. The zero-order valence-corrected chi connectivity index (χ0v) is 15.2. The number of hydrogen-bond acceptors (Lipinski definition) is 0. The Bertz CT molecular complexity index is 516. The standard InChI is InChI=1S/C23H33F/c1-2-3-5-8-19-11-13-21(14-12-19)23(17-15-22(24)16-18-23)20-9-6-4-7-10-20/h4,6-7,9,15-17,19-21H,2-3,5,8,10-14,18H2,1H3. The van der Waals surface area contributed by atoms with Crippen LogP contribution in [0.1, 0.15) is 71.1 Å². The topological polar surface area (TPSA) is 0 Å². The van der Waals surface area contributed by atoms with Crippen LogP contribution in [-0.4, -0.2) is 0 Å². The van der Waals surface area contributed by atoms with E-state index in [1.807, 2.05) is 6.08 Å². The van der Waals surface area contributed by atoms with Crippen LogP contribution in [0.15, 0.2) is 48.4 Å². The van der Waals surface area contributed by atoms with Crippen LogP contribution in [0.2, 0.25) is 0 Å². The summed E-state index contributed by atoms with van der Waals surface area (Å²) < 4.78 is 13.6. The predicted octanol–water partition coefficient (Wildman–Crippen LogP) is 7.31. The zero-order chi connectivity index (χ0) is 16.8. The molecule has 2 unspecified atom stereocenters. The van der Waals surface area contributed by atoms with Gasteiger partial charge in [-0.05, 0) is 55.6 Å². The van der Waals surface area contributed by atoms with Gasteiger partial charge in [-0.15, -0.1) is 0 Å².